The highest BCUT2D eigenvalue weighted by Gasteiger charge is 2.16. The molecule has 1 saturated heterocycles. The molecule has 2 N–H and O–H groups in total. The lowest BCUT2D eigenvalue weighted by atomic mass is 9.95. The zero-order valence-electron chi connectivity index (χ0n) is 7.51. The van der Waals surface area contributed by atoms with Crippen LogP contribution in [-0.4, -0.2) is 23.1 Å². The van der Waals surface area contributed by atoms with Gasteiger partial charge in [0.05, 0.1) is 0 Å². The zero-order chi connectivity index (χ0) is 9.10. The lowest BCUT2D eigenvalue weighted by Gasteiger charge is -2.20. The van der Waals surface area contributed by atoms with Crippen molar-refractivity contribution >= 4 is 0 Å². The number of aromatic amines is 1. The lowest BCUT2D eigenvalue weighted by molar-refractivity contribution is 0.454. The third kappa shape index (κ3) is 1.73. The smallest absolute Gasteiger partial charge is 0.182 e. The highest BCUT2D eigenvalue weighted by Crippen LogP contribution is 2.22. The van der Waals surface area contributed by atoms with Gasteiger partial charge in [0.2, 0.25) is 0 Å². The monoisotopic (exact) mass is 175 g/mol. The molecule has 0 radical (unpaired) electrons. The van der Waals surface area contributed by atoms with E-state index in [1.54, 1.807) is 0 Å². The largest absolute Gasteiger partial charge is 0.335 e. The van der Waals surface area contributed by atoms with Gasteiger partial charge in [-0.25, -0.2) is 4.98 Å². The quantitative estimate of drug-likeness (QED) is 0.621. The summed E-state index contributed by atoms with van der Waals surface area (Å²) in [5, 5.41) is 3.33. The standard InChI is InChI=1S/C10H13N3/c1-2-10-12-7-9(13-10)8-3-5-11-6-4-8/h1,7-8,11H,3-6H2,(H,12,13). The van der Waals surface area contributed by atoms with Crippen molar-refractivity contribution in [1.29, 1.82) is 0 Å². The third-order valence-corrected chi connectivity index (χ3v) is 2.51. The molecular formula is C10H13N3. The molecule has 2 rings (SSSR count). The Balaban J connectivity index is 2.11. The number of aromatic nitrogens is 2. The molecule has 13 heavy (non-hydrogen) atoms. The van der Waals surface area contributed by atoms with Gasteiger partial charge in [-0.3, -0.25) is 0 Å². The van der Waals surface area contributed by atoms with Gasteiger partial charge in [0.25, 0.3) is 0 Å². The molecule has 2 heterocycles. The molecule has 0 aliphatic carbocycles. The van der Waals surface area contributed by atoms with Crippen LogP contribution < -0.4 is 5.32 Å². The normalized spacial score (nSPS) is 18.4. The van der Waals surface area contributed by atoms with E-state index in [0.29, 0.717) is 11.7 Å². The molecule has 0 amide bonds. The van der Waals surface area contributed by atoms with Crippen molar-refractivity contribution in [3.63, 3.8) is 0 Å². The molecule has 0 unspecified atom stereocenters. The summed E-state index contributed by atoms with van der Waals surface area (Å²) in [4.78, 5) is 7.26. The summed E-state index contributed by atoms with van der Waals surface area (Å²) < 4.78 is 0. The molecule has 0 saturated carbocycles. The Morgan fingerprint density at radius 3 is 2.85 bits per heavy atom. The van der Waals surface area contributed by atoms with Crippen LogP contribution in [0.25, 0.3) is 0 Å². The zero-order valence-corrected chi connectivity index (χ0v) is 7.51. The van der Waals surface area contributed by atoms with E-state index in [0.717, 1.165) is 13.1 Å². The van der Waals surface area contributed by atoms with Crippen LogP contribution in [0.4, 0.5) is 0 Å². The number of nitrogens with zero attached hydrogens (tertiary/aromatic N) is 1. The Hall–Kier alpha value is -1.27. The summed E-state index contributed by atoms with van der Waals surface area (Å²) in [6.45, 7) is 2.18. The third-order valence-electron chi connectivity index (χ3n) is 2.51. The summed E-state index contributed by atoms with van der Waals surface area (Å²) in [6, 6.07) is 0. The fourth-order valence-corrected chi connectivity index (χ4v) is 1.75. The van der Waals surface area contributed by atoms with Crippen molar-refractivity contribution in [3.05, 3.63) is 17.7 Å². The molecule has 1 aliphatic heterocycles. The van der Waals surface area contributed by atoms with E-state index in [-0.39, 0.29) is 0 Å². The van der Waals surface area contributed by atoms with E-state index >= 15 is 0 Å². The molecule has 1 fully saturated rings. The summed E-state index contributed by atoms with van der Waals surface area (Å²) in [5.74, 6) is 3.76. The molecule has 0 atom stereocenters. The second-order valence-electron chi connectivity index (χ2n) is 3.36. The van der Waals surface area contributed by atoms with Crippen LogP contribution in [0.3, 0.4) is 0 Å². The molecule has 1 aromatic heterocycles. The molecule has 0 bridgehead atoms. The Kier molecular flexibility index (Phi) is 2.33. The van der Waals surface area contributed by atoms with E-state index < -0.39 is 0 Å². The summed E-state index contributed by atoms with van der Waals surface area (Å²) in [5.41, 5.74) is 1.19. The van der Waals surface area contributed by atoms with Crippen LogP contribution in [0, 0.1) is 12.3 Å². The first-order chi connectivity index (χ1) is 6.40. The fourth-order valence-electron chi connectivity index (χ4n) is 1.75. The number of piperidine rings is 1. The maximum Gasteiger partial charge on any atom is 0.182 e. The van der Waals surface area contributed by atoms with Crippen molar-refractivity contribution in [1.82, 2.24) is 15.3 Å². The van der Waals surface area contributed by atoms with Crippen LogP contribution >= 0.6 is 0 Å². The first-order valence-electron chi connectivity index (χ1n) is 4.62. The first-order valence-corrected chi connectivity index (χ1v) is 4.62. The number of nitrogens with one attached hydrogen (secondary N) is 2. The predicted octanol–water partition coefficient (Wildman–Crippen LogP) is 0.858. The first kappa shape index (κ1) is 8.33. The average molecular weight is 175 g/mol. The second kappa shape index (κ2) is 3.63. The van der Waals surface area contributed by atoms with Gasteiger partial charge in [-0.15, -0.1) is 6.42 Å². The number of hydrogen-bond acceptors (Lipinski definition) is 2. The van der Waals surface area contributed by atoms with Gasteiger partial charge in [-0.1, -0.05) is 0 Å². The molecule has 68 valence electrons. The maximum absolute atomic E-state index is 5.24. The Labute approximate surface area is 78.0 Å². The molecule has 0 spiro atoms. The molecular weight excluding hydrogens is 162 g/mol. The van der Waals surface area contributed by atoms with Crippen molar-refractivity contribution in [2.24, 2.45) is 0 Å². The van der Waals surface area contributed by atoms with E-state index in [1.165, 1.54) is 18.5 Å². The topological polar surface area (TPSA) is 40.7 Å². The van der Waals surface area contributed by atoms with Crippen LogP contribution in [0.15, 0.2) is 6.20 Å². The van der Waals surface area contributed by atoms with E-state index in [9.17, 15) is 0 Å². The van der Waals surface area contributed by atoms with Gasteiger partial charge in [-0.05, 0) is 31.9 Å². The van der Waals surface area contributed by atoms with Crippen molar-refractivity contribution in [2.45, 2.75) is 18.8 Å². The Bertz CT molecular complexity index is 315. The number of rotatable bonds is 1. The highest BCUT2D eigenvalue weighted by atomic mass is 14.9. The second-order valence-corrected chi connectivity index (χ2v) is 3.36. The van der Waals surface area contributed by atoms with E-state index in [2.05, 4.69) is 21.2 Å². The Morgan fingerprint density at radius 2 is 2.23 bits per heavy atom. The number of H-pyrrole nitrogens is 1. The minimum atomic E-state index is 0.607. The predicted molar refractivity (Wildman–Crippen MR) is 51.4 cm³/mol. The fraction of sp³-hybridized carbons (Fsp3) is 0.500. The molecule has 0 aromatic carbocycles. The summed E-state index contributed by atoms with van der Waals surface area (Å²) >= 11 is 0. The molecule has 3 nitrogen and oxygen atoms in total. The number of terminal acetylenes is 1. The van der Waals surface area contributed by atoms with Gasteiger partial charge in [-0.2, -0.15) is 0 Å². The van der Waals surface area contributed by atoms with E-state index in [1.807, 2.05) is 6.20 Å². The molecule has 1 aromatic rings. The molecule has 3 heteroatoms. The lowest BCUT2D eigenvalue weighted by Crippen LogP contribution is -2.26. The highest BCUT2D eigenvalue weighted by molar-refractivity contribution is 5.20. The average Bonchev–Trinajstić information content (AvgIpc) is 2.67. The molecule has 1 aliphatic rings. The minimum Gasteiger partial charge on any atom is -0.335 e. The van der Waals surface area contributed by atoms with Crippen molar-refractivity contribution in [3.8, 4) is 12.3 Å². The van der Waals surface area contributed by atoms with Gasteiger partial charge in [0, 0.05) is 17.8 Å². The van der Waals surface area contributed by atoms with Gasteiger partial charge < -0.3 is 10.3 Å². The maximum atomic E-state index is 5.24. The van der Waals surface area contributed by atoms with E-state index in [4.69, 9.17) is 6.42 Å². The number of imidazole rings is 1. The summed E-state index contributed by atoms with van der Waals surface area (Å²) in [6.07, 6.45) is 9.45. The van der Waals surface area contributed by atoms with Crippen LogP contribution in [-0.2, 0) is 0 Å². The number of hydrogen-bond donors (Lipinski definition) is 2. The van der Waals surface area contributed by atoms with Gasteiger partial charge >= 0.3 is 0 Å². The van der Waals surface area contributed by atoms with Crippen molar-refractivity contribution in [2.75, 3.05) is 13.1 Å². The van der Waals surface area contributed by atoms with Gasteiger partial charge in [0.15, 0.2) is 5.82 Å². The van der Waals surface area contributed by atoms with Crippen LogP contribution in [0.5, 0.6) is 0 Å². The van der Waals surface area contributed by atoms with Crippen molar-refractivity contribution < 1.29 is 0 Å². The minimum absolute atomic E-state index is 0.607. The Morgan fingerprint density at radius 1 is 1.46 bits per heavy atom. The SMILES string of the molecule is C#Cc1ncc(C2CCNCC2)[nH]1. The van der Waals surface area contributed by atoms with Crippen LogP contribution in [0.1, 0.15) is 30.3 Å². The van der Waals surface area contributed by atoms with Crippen LogP contribution in [0.2, 0.25) is 0 Å². The summed E-state index contributed by atoms with van der Waals surface area (Å²) in [7, 11) is 0. The van der Waals surface area contributed by atoms with Gasteiger partial charge in [0.1, 0.15) is 0 Å².